The zero-order valence-electron chi connectivity index (χ0n) is 17.1. The van der Waals surface area contributed by atoms with E-state index in [0.29, 0.717) is 17.5 Å². The predicted octanol–water partition coefficient (Wildman–Crippen LogP) is 4.10. The first-order valence-electron chi connectivity index (χ1n) is 10.6. The molecule has 2 saturated heterocycles. The van der Waals surface area contributed by atoms with Gasteiger partial charge in [0.2, 0.25) is 17.7 Å². The quantitative estimate of drug-likeness (QED) is 0.502. The summed E-state index contributed by atoms with van der Waals surface area (Å²) in [5, 5.41) is 16.1. The van der Waals surface area contributed by atoms with Crippen molar-refractivity contribution >= 4 is 29.0 Å². The Bertz CT molecular complexity index is 943. The molecule has 1 atom stereocenters. The molecule has 0 radical (unpaired) electrons. The highest BCUT2D eigenvalue weighted by atomic mass is 32.2. The molecule has 0 unspecified atom stereocenters. The number of thioether (sulfide) groups is 1. The molecule has 10 heteroatoms. The summed E-state index contributed by atoms with van der Waals surface area (Å²) in [5.74, 6) is 3.55. The van der Waals surface area contributed by atoms with Crippen LogP contribution in [0.1, 0.15) is 38.5 Å². The SMILES string of the molecule is CC1CCN(c2nnc(SCc3nc(-c4cccs4)no3)n2C[C@@H]2CCCO2)CC1. The van der Waals surface area contributed by atoms with Gasteiger partial charge in [0.15, 0.2) is 5.16 Å². The maximum Gasteiger partial charge on any atom is 0.237 e. The van der Waals surface area contributed by atoms with Crippen molar-refractivity contribution in [3.8, 4) is 10.7 Å². The molecule has 0 N–H and O–H groups in total. The summed E-state index contributed by atoms with van der Waals surface area (Å²) in [4.78, 5) is 7.91. The normalized spacial score (nSPS) is 20.3. The number of rotatable bonds is 7. The Morgan fingerprint density at radius 1 is 1.23 bits per heavy atom. The van der Waals surface area contributed by atoms with E-state index in [1.165, 1.54) is 12.8 Å². The summed E-state index contributed by atoms with van der Waals surface area (Å²) in [6, 6.07) is 3.98. The van der Waals surface area contributed by atoms with E-state index in [-0.39, 0.29) is 6.10 Å². The lowest BCUT2D eigenvalue weighted by atomic mass is 10.00. The van der Waals surface area contributed by atoms with Gasteiger partial charge in [-0.2, -0.15) is 4.98 Å². The van der Waals surface area contributed by atoms with Gasteiger partial charge in [-0.1, -0.05) is 29.9 Å². The number of piperidine rings is 1. The van der Waals surface area contributed by atoms with E-state index in [1.807, 2.05) is 17.5 Å². The molecule has 5 rings (SSSR count). The van der Waals surface area contributed by atoms with Crippen LogP contribution in [0.25, 0.3) is 10.7 Å². The van der Waals surface area contributed by atoms with Crippen molar-refractivity contribution in [1.82, 2.24) is 24.9 Å². The first-order chi connectivity index (χ1) is 14.8. The summed E-state index contributed by atoms with van der Waals surface area (Å²) in [6.07, 6.45) is 4.84. The van der Waals surface area contributed by atoms with Crippen LogP contribution in [0, 0.1) is 5.92 Å². The van der Waals surface area contributed by atoms with E-state index >= 15 is 0 Å². The van der Waals surface area contributed by atoms with Gasteiger partial charge in [-0.25, -0.2) is 0 Å². The van der Waals surface area contributed by atoms with Crippen molar-refractivity contribution in [1.29, 1.82) is 0 Å². The Morgan fingerprint density at radius 3 is 2.90 bits per heavy atom. The number of nitrogens with zero attached hydrogens (tertiary/aromatic N) is 6. The van der Waals surface area contributed by atoms with Crippen LogP contribution in [0.2, 0.25) is 0 Å². The Labute approximate surface area is 184 Å². The number of hydrogen-bond donors (Lipinski definition) is 0. The van der Waals surface area contributed by atoms with E-state index in [2.05, 4.69) is 36.7 Å². The molecule has 0 bridgehead atoms. The summed E-state index contributed by atoms with van der Waals surface area (Å²) in [7, 11) is 0. The summed E-state index contributed by atoms with van der Waals surface area (Å²) >= 11 is 3.20. The molecule has 5 heterocycles. The second kappa shape index (κ2) is 9.07. The number of anilines is 1. The first kappa shape index (κ1) is 20.0. The van der Waals surface area contributed by atoms with Gasteiger partial charge in [-0.05, 0) is 43.0 Å². The zero-order chi connectivity index (χ0) is 20.3. The molecule has 3 aromatic rings. The maximum atomic E-state index is 5.90. The Balaban J connectivity index is 1.32. The van der Waals surface area contributed by atoms with Crippen molar-refractivity contribution in [3.63, 3.8) is 0 Å². The highest BCUT2D eigenvalue weighted by Crippen LogP contribution is 2.30. The van der Waals surface area contributed by atoms with Gasteiger partial charge in [0, 0.05) is 19.7 Å². The Morgan fingerprint density at radius 2 is 2.13 bits per heavy atom. The second-order valence-corrected chi connectivity index (χ2v) is 9.87. The molecular weight excluding hydrogens is 420 g/mol. The van der Waals surface area contributed by atoms with Crippen LogP contribution < -0.4 is 4.90 Å². The molecule has 0 aromatic carbocycles. The molecule has 0 saturated carbocycles. The maximum absolute atomic E-state index is 5.90. The van der Waals surface area contributed by atoms with Crippen LogP contribution >= 0.6 is 23.1 Å². The van der Waals surface area contributed by atoms with Crippen molar-refractivity contribution in [2.45, 2.75) is 56.2 Å². The van der Waals surface area contributed by atoms with Crippen LogP contribution in [0.3, 0.4) is 0 Å². The van der Waals surface area contributed by atoms with Crippen LogP contribution in [-0.4, -0.2) is 50.7 Å². The van der Waals surface area contributed by atoms with Crippen LogP contribution in [-0.2, 0) is 17.0 Å². The molecule has 0 amide bonds. The fourth-order valence-corrected chi connectivity index (χ4v) is 5.36. The zero-order valence-corrected chi connectivity index (χ0v) is 18.7. The molecular formula is C20H26N6O2S2. The molecule has 30 heavy (non-hydrogen) atoms. The topological polar surface area (TPSA) is 82.1 Å². The highest BCUT2D eigenvalue weighted by Gasteiger charge is 2.26. The predicted molar refractivity (Wildman–Crippen MR) is 117 cm³/mol. The van der Waals surface area contributed by atoms with Gasteiger partial charge < -0.3 is 14.2 Å². The largest absolute Gasteiger partial charge is 0.376 e. The van der Waals surface area contributed by atoms with E-state index in [0.717, 1.165) is 61.0 Å². The smallest absolute Gasteiger partial charge is 0.237 e. The van der Waals surface area contributed by atoms with Gasteiger partial charge in [0.25, 0.3) is 0 Å². The Hall–Kier alpha value is -1.91. The van der Waals surface area contributed by atoms with Gasteiger partial charge in [-0.3, -0.25) is 4.57 Å². The van der Waals surface area contributed by atoms with E-state index in [4.69, 9.17) is 9.26 Å². The fourth-order valence-electron chi connectivity index (χ4n) is 3.93. The third-order valence-electron chi connectivity index (χ3n) is 5.71. The minimum atomic E-state index is 0.233. The average molecular weight is 447 g/mol. The molecule has 0 spiro atoms. The van der Waals surface area contributed by atoms with Crippen LogP contribution in [0.5, 0.6) is 0 Å². The van der Waals surface area contributed by atoms with Crippen molar-refractivity contribution in [2.24, 2.45) is 5.92 Å². The van der Waals surface area contributed by atoms with Gasteiger partial charge in [-0.15, -0.1) is 21.5 Å². The lowest BCUT2D eigenvalue weighted by Gasteiger charge is -2.31. The molecule has 2 aliphatic rings. The first-order valence-corrected chi connectivity index (χ1v) is 12.4. The molecule has 8 nitrogen and oxygen atoms in total. The number of thiophene rings is 1. The molecule has 3 aromatic heterocycles. The van der Waals surface area contributed by atoms with Crippen molar-refractivity contribution in [3.05, 3.63) is 23.4 Å². The number of hydrogen-bond acceptors (Lipinski definition) is 9. The van der Waals surface area contributed by atoms with E-state index in [9.17, 15) is 0 Å². The van der Waals surface area contributed by atoms with Gasteiger partial charge in [0.05, 0.1) is 23.3 Å². The molecule has 160 valence electrons. The number of aromatic nitrogens is 5. The number of ether oxygens (including phenoxy) is 1. The lowest BCUT2D eigenvalue weighted by molar-refractivity contribution is 0.0951. The van der Waals surface area contributed by atoms with Gasteiger partial charge in [0.1, 0.15) is 0 Å². The van der Waals surface area contributed by atoms with Crippen molar-refractivity contribution in [2.75, 3.05) is 24.6 Å². The van der Waals surface area contributed by atoms with E-state index < -0.39 is 0 Å². The fraction of sp³-hybridized carbons (Fsp3) is 0.600. The summed E-state index contributed by atoms with van der Waals surface area (Å²) in [6.45, 7) is 6.03. The molecule has 2 fully saturated rings. The highest BCUT2D eigenvalue weighted by molar-refractivity contribution is 7.98. The lowest BCUT2D eigenvalue weighted by Crippen LogP contribution is -2.35. The minimum absolute atomic E-state index is 0.233. The van der Waals surface area contributed by atoms with Crippen LogP contribution in [0.4, 0.5) is 5.95 Å². The van der Waals surface area contributed by atoms with Crippen LogP contribution in [0.15, 0.2) is 27.2 Å². The minimum Gasteiger partial charge on any atom is -0.376 e. The third-order valence-corrected chi connectivity index (χ3v) is 7.53. The van der Waals surface area contributed by atoms with E-state index in [1.54, 1.807) is 23.1 Å². The van der Waals surface area contributed by atoms with Gasteiger partial charge >= 0.3 is 0 Å². The summed E-state index contributed by atoms with van der Waals surface area (Å²) in [5.41, 5.74) is 0. The van der Waals surface area contributed by atoms with Crippen molar-refractivity contribution < 1.29 is 9.26 Å². The third kappa shape index (κ3) is 4.40. The summed E-state index contributed by atoms with van der Waals surface area (Å²) < 4.78 is 13.6. The average Bonchev–Trinajstić information content (AvgIpc) is 3.55. The standard InChI is InChI=1S/C20H26N6O2S2/c1-14-6-8-25(9-7-14)19-22-23-20(26(19)12-15-4-2-10-27-15)30-13-17-21-18(24-28-17)16-5-3-11-29-16/h3,5,11,14-15H,2,4,6-10,12-13H2,1H3/t15-/m0/s1. The monoisotopic (exact) mass is 446 g/mol. The Kier molecular flexibility index (Phi) is 6.05. The molecule has 2 aliphatic heterocycles. The molecule has 0 aliphatic carbocycles. The second-order valence-electron chi connectivity index (χ2n) is 7.98.